The lowest BCUT2D eigenvalue weighted by Gasteiger charge is -2.23. The minimum Gasteiger partial charge on any atom is -0.493 e. The normalized spacial score (nSPS) is 15.5. The van der Waals surface area contributed by atoms with Crippen LogP contribution < -0.4 is 24.4 Å². The number of methoxy groups -OCH3 is 1. The standard InChI is InChI=1S/C25H24N2O5S2/c1-5-11-32-17-10-9-16(13-18(17)30-4)14-20-23(28)27-22(19-8-7-12-33-19)21(24(29)31-6-2)15(3)26-25(27)34-20/h5,7-10,12-14,22H,1,6,11H2,2-4H3/b20-14+/t22-/m1/s1. The number of carbonyl (C=O) groups is 1. The lowest BCUT2D eigenvalue weighted by atomic mass is 10.0. The van der Waals surface area contributed by atoms with Crippen LogP contribution in [0.15, 0.2) is 69.4 Å². The SMILES string of the molecule is C=CCOc1ccc(/C=c2/sc3n(c2=O)[C@H](c2cccs2)C(C(=O)OCC)=C(C)N=3)cc1OC. The number of benzene rings is 1. The molecule has 0 N–H and O–H groups in total. The first-order chi connectivity index (χ1) is 16.5. The van der Waals surface area contributed by atoms with E-state index in [-0.39, 0.29) is 12.2 Å². The largest absolute Gasteiger partial charge is 0.493 e. The predicted molar refractivity (Wildman–Crippen MR) is 133 cm³/mol. The van der Waals surface area contributed by atoms with Crippen molar-refractivity contribution in [1.82, 2.24) is 4.57 Å². The molecule has 176 valence electrons. The molecule has 1 aliphatic rings. The Morgan fingerprint density at radius 2 is 2.12 bits per heavy atom. The van der Waals surface area contributed by atoms with Gasteiger partial charge in [0.15, 0.2) is 16.3 Å². The van der Waals surface area contributed by atoms with E-state index in [1.807, 2.05) is 29.6 Å². The average Bonchev–Trinajstić information content (AvgIpc) is 3.46. The summed E-state index contributed by atoms with van der Waals surface area (Å²) >= 11 is 2.76. The molecule has 0 amide bonds. The van der Waals surface area contributed by atoms with E-state index in [2.05, 4.69) is 11.6 Å². The second-order valence-corrected chi connectivity index (χ2v) is 9.32. The number of carbonyl (C=O) groups excluding carboxylic acids is 1. The fourth-order valence-electron chi connectivity index (χ4n) is 3.70. The molecule has 0 radical (unpaired) electrons. The maximum Gasteiger partial charge on any atom is 0.338 e. The van der Waals surface area contributed by atoms with E-state index < -0.39 is 12.0 Å². The zero-order chi connectivity index (χ0) is 24.2. The number of ether oxygens (including phenoxy) is 3. The Labute approximate surface area is 204 Å². The highest BCUT2D eigenvalue weighted by atomic mass is 32.1. The molecule has 0 spiro atoms. The topological polar surface area (TPSA) is 79.1 Å². The Morgan fingerprint density at radius 1 is 1.29 bits per heavy atom. The number of aromatic nitrogens is 1. The lowest BCUT2D eigenvalue weighted by molar-refractivity contribution is -0.139. The van der Waals surface area contributed by atoms with Crippen LogP contribution in [0.1, 0.15) is 30.3 Å². The van der Waals surface area contributed by atoms with Gasteiger partial charge in [-0.1, -0.05) is 36.1 Å². The highest BCUT2D eigenvalue weighted by Crippen LogP contribution is 2.33. The van der Waals surface area contributed by atoms with Gasteiger partial charge in [0.2, 0.25) is 0 Å². The van der Waals surface area contributed by atoms with Crippen LogP contribution in [-0.2, 0) is 9.53 Å². The highest BCUT2D eigenvalue weighted by Gasteiger charge is 2.33. The Morgan fingerprint density at radius 3 is 2.79 bits per heavy atom. The van der Waals surface area contributed by atoms with Gasteiger partial charge in [0.25, 0.3) is 5.56 Å². The van der Waals surface area contributed by atoms with Gasteiger partial charge < -0.3 is 14.2 Å². The van der Waals surface area contributed by atoms with Crippen LogP contribution in [0.2, 0.25) is 0 Å². The van der Waals surface area contributed by atoms with Crippen molar-refractivity contribution >= 4 is 34.7 Å². The van der Waals surface area contributed by atoms with Crippen molar-refractivity contribution in [3.63, 3.8) is 0 Å². The fourth-order valence-corrected chi connectivity index (χ4v) is 5.57. The molecular weight excluding hydrogens is 472 g/mol. The molecule has 0 saturated heterocycles. The van der Waals surface area contributed by atoms with Gasteiger partial charge in [-0.2, -0.15) is 0 Å². The second-order valence-electron chi connectivity index (χ2n) is 7.33. The minimum absolute atomic E-state index is 0.220. The molecule has 0 aliphatic carbocycles. The van der Waals surface area contributed by atoms with E-state index in [1.54, 1.807) is 43.7 Å². The summed E-state index contributed by atoms with van der Waals surface area (Å²) in [5, 5.41) is 1.92. The maximum absolute atomic E-state index is 13.6. The minimum atomic E-state index is -0.582. The molecule has 4 rings (SSSR count). The first kappa shape index (κ1) is 23.7. The van der Waals surface area contributed by atoms with Gasteiger partial charge in [0.1, 0.15) is 12.6 Å². The van der Waals surface area contributed by atoms with Gasteiger partial charge in [-0.3, -0.25) is 9.36 Å². The summed E-state index contributed by atoms with van der Waals surface area (Å²) in [4.78, 5) is 32.4. The van der Waals surface area contributed by atoms with Crippen molar-refractivity contribution in [2.45, 2.75) is 19.9 Å². The van der Waals surface area contributed by atoms with Crippen molar-refractivity contribution in [1.29, 1.82) is 0 Å². The molecule has 7 nitrogen and oxygen atoms in total. The molecule has 34 heavy (non-hydrogen) atoms. The quantitative estimate of drug-likeness (QED) is 0.353. The molecule has 1 aliphatic heterocycles. The molecule has 0 bridgehead atoms. The predicted octanol–water partition coefficient (Wildman–Crippen LogP) is 3.43. The number of thiazole rings is 1. The van der Waals surface area contributed by atoms with Crippen LogP contribution in [0.4, 0.5) is 0 Å². The average molecular weight is 497 g/mol. The van der Waals surface area contributed by atoms with E-state index in [0.29, 0.717) is 38.7 Å². The lowest BCUT2D eigenvalue weighted by Crippen LogP contribution is -2.39. The Balaban J connectivity index is 1.85. The first-order valence-electron chi connectivity index (χ1n) is 10.6. The zero-order valence-electron chi connectivity index (χ0n) is 19.1. The summed E-state index contributed by atoms with van der Waals surface area (Å²) in [5.41, 5.74) is 1.49. The van der Waals surface area contributed by atoms with Crippen LogP contribution in [0.5, 0.6) is 11.5 Å². The molecular formula is C25H24N2O5S2. The monoisotopic (exact) mass is 496 g/mol. The molecule has 1 atom stereocenters. The molecule has 0 unspecified atom stereocenters. The third kappa shape index (κ3) is 4.49. The molecule has 2 aromatic heterocycles. The summed E-state index contributed by atoms with van der Waals surface area (Å²) in [6, 6.07) is 8.69. The first-order valence-corrected chi connectivity index (χ1v) is 12.3. The number of fused-ring (bicyclic) bond motifs is 1. The van der Waals surface area contributed by atoms with E-state index in [4.69, 9.17) is 14.2 Å². The third-order valence-corrected chi connectivity index (χ3v) is 7.08. The van der Waals surface area contributed by atoms with Crippen molar-refractivity contribution < 1.29 is 19.0 Å². The van der Waals surface area contributed by atoms with E-state index in [0.717, 1.165) is 10.4 Å². The van der Waals surface area contributed by atoms with Crippen LogP contribution in [0, 0.1) is 0 Å². The van der Waals surface area contributed by atoms with Crippen LogP contribution in [0.3, 0.4) is 0 Å². The van der Waals surface area contributed by atoms with E-state index >= 15 is 0 Å². The summed E-state index contributed by atoms with van der Waals surface area (Å²) in [7, 11) is 1.56. The number of hydrogen-bond donors (Lipinski definition) is 0. The summed E-state index contributed by atoms with van der Waals surface area (Å²) in [6.07, 6.45) is 3.45. The van der Waals surface area contributed by atoms with E-state index in [9.17, 15) is 9.59 Å². The number of rotatable bonds is 8. The van der Waals surface area contributed by atoms with Gasteiger partial charge >= 0.3 is 5.97 Å². The molecule has 9 heteroatoms. The van der Waals surface area contributed by atoms with Crippen LogP contribution >= 0.6 is 22.7 Å². The molecule has 3 aromatic rings. The van der Waals surface area contributed by atoms with Crippen LogP contribution in [-0.4, -0.2) is 30.9 Å². The third-order valence-electron chi connectivity index (χ3n) is 5.17. The van der Waals surface area contributed by atoms with Crippen molar-refractivity contribution in [2.75, 3.05) is 20.3 Å². The smallest absolute Gasteiger partial charge is 0.338 e. The Bertz CT molecular complexity index is 1430. The summed E-state index contributed by atoms with van der Waals surface area (Å²) < 4.78 is 18.4. The van der Waals surface area contributed by atoms with Gasteiger partial charge in [-0.15, -0.1) is 11.3 Å². The van der Waals surface area contributed by atoms with Gasteiger partial charge in [-0.25, -0.2) is 9.79 Å². The summed E-state index contributed by atoms with van der Waals surface area (Å²) in [5.74, 6) is 0.685. The summed E-state index contributed by atoms with van der Waals surface area (Å²) in [6.45, 7) is 7.79. The molecule has 0 fully saturated rings. The van der Waals surface area contributed by atoms with Gasteiger partial charge in [0.05, 0.1) is 29.5 Å². The number of nitrogens with zero attached hydrogens (tertiary/aromatic N) is 2. The second kappa shape index (κ2) is 10.2. The number of allylic oxidation sites excluding steroid dienone is 1. The number of thiophene rings is 1. The molecule has 1 aromatic carbocycles. The van der Waals surface area contributed by atoms with Crippen molar-refractivity contribution in [2.24, 2.45) is 4.99 Å². The van der Waals surface area contributed by atoms with Gasteiger partial charge in [-0.05, 0) is 49.1 Å². The van der Waals surface area contributed by atoms with Crippen molar-refractivity contribution in [3.05, 3.63) is 89.8 Å². The maximum atomic E-state index is 13.6. The number of hydrogen-bond acceptors (Lipinski definition) is 8. The Hall–Kier alpha value is -3.43. The fraction of sp³-hybridized carbons (Fsp3) is 0.240. The van der Waals surface area contributed by atoms with Crippen molar-refractivity contribution in [3.8, 4) is 11.5 Å². The zero-order valence-corrected chi connectivity index (χ0v) is 20.7. The van der Waals surface area contributed by atoms with E-state index in [1.165, 1.54) is 22.7 Å². The number of esters is 1. The van der Waals surface area contributed by atoms with Gasteiger partial charge in [0, 0.05) is 4.88 Å². The van der Waals surface area contributed by atoms with Crippen LogP contribution in [0.25, 0.3) is 6.08 Å². The molecule has 0 saturated carbocycles. The molecule has 3 heterocycles. The Kier molecular flexibility index (Phi) is 7.14. The highest BCUT2D eigenvalue weighted by molar-refractivity contribution is 7.10.